The number of para-hydroxylation sites is 1. The van der Waals surface area contributed by atoms with Crippen molar-refractivity contribution in [3.05, 3.63) is 30.3 Å². The highest BCUT2D eigenvalue weighted by Gasteiger charge is 2.37. The summed E-state index contributed by atoms with van der Waals surface area (Å²) >= 11 is 0. The van der Waals surface area contributed by atoms with Gasteiger partial charge in [0, 0.05) is 24.8 Å². The van der Waals surface area contributed by atoms with Crippen LogP contribution in [0.3, 0.4) is 0 Å². The second kappa shape index (κ2) is 5.94. The zero-order valence-electron chi connectivity index (χ0n) is 12.0. The number of nitrogens with zero attached hydrogens (tertiary/aromatic N) is 1. The average molecular weight is 273 g/mol. The fourth-order valence-electron chi connectivity index (χ4n) is 3.33. The molecular formula is C16H23N3O. The largest absolute Gasteiger partial charge is 0.325 e. The lowest BCUT2D eigenvalue weighted by atomic mass is 9.94. The van der Waals surface area contributed by atoms with Crippen LogP contribution in [0.1, 0.15) is 19.8 Å². The van der Waals surface area contributed by atoms with Crippen LogP contribution in [-0.2, 0) is 4.79 Å². The number of piperidine rings is 1. The molecule has 1 aromatic rings. The molecule has 0 aliphatic carbocycles. The summed E-state index contributed by atoms with van der Waals surface area (Å²) in [6, 6.07) is 10.2. The van der Waals surface area contributed by atoms with Crippen LogP contribution in [0.15, 0.2) is 30.3 Å². The zero-order chi connectivity index (χ0) is 13.9. The minimum absolute atomic E-state index is 0.0670. The number of carbonyl (C=O) groups excluding carboxylic acids is 1. The Morgan fingerprint density at radius 3 is 2.90 bits per heavy atom. The molecule has 2 fully saturated rings. The summed E-state index contributed by atoms with van der Waals surface area (Å²) in [5.74, 6) is 0.811. The van der Waals surface area contributed by atoms with Gasteiger partial charge in [-0.15, -0.1) is 0 Å². The van der Waals surface area contributed by atoms with Crippen LogP contribution in [0.2, 0.25) is 0 Å². The first kappa shape index (κ1) is 13.6. The summed E-state index contributed by atoms with van der Waals surface area (Å²) in [5.41, 5.74) is 0.874. The molecule has 2 aliphatic heterocycles. The Balaban J connectivity index is 1.58. The lowest BCUT2D eigenvalue weighted by molar-refractivity contribution is -0.120. The number of hydrogen-bond donors (Lipinski definition) is 2. The summed E-state index contributed by atoms with van der Waals surface area (Å²) in [7, 11) is 0. The van der Waals surface area contributed by atoms with Crippen molar-refractivity contribution in [1.29, 1.82) is 0 Å². The zero-order valence-corrected chi connectivity index (χ0v) is 12.0. The molecule has 4 heteroatoms. The molecule has 2 saturated heterocycles. The van der Waals surface area contributed by atoms with E-state index in [4.69, 9.17) is 0 Å². The van der Waals surface area contributed by atoms with E-state index in [0.29, 0.717) is 6.04 Å². The SMILES string of the molecule is CC(C(=O)Nc1ccccc1)N1CC2CCCNC2C1. The monoisotopic (exact) mass is 273 g/mol. The van der Waals surface area contributed by atoms with E-state index < -0.39 is 0 Å². The second-order valence-corrected chi connectivity index (χ2v) is 5.95. The van der Waals surface area contributed by atoms with E-state index in [1.54, 1.807) is 0 Å². The van der Waals surface area contributed by atoms with Gasteiger partial charge < -0.3 is 10.6 Å². The molecule has 0 spiro atoms. The summed E-state index contributed by atoms with van der Waals surface area (Å²) in [6.45, 7) is 5.17. The molecule has 0 aromatic heterocycles. The Labute approximate surface area is 120 Å². The van der Waals surface area contributed by atoms with Crippen LogP contribution in [0.4, 0.5) is 5.69 Å². The Kier molecular flexibility index (Phi) is 4.03. The molecule has 1 aromatic carbocycles. The van der Waals surface area contributed by atoms with E-state index in [1.165, 1.54) is 12.8 Å². The van der Waals surface area contributed by atoms with Crippen LogP contribution < -0.4 is 10.6 Å². The van der Waals surface area contributed by atoms with Crippen molar-refractivity contribution in [3.8, 4) is 0 Å². The van der Waals surface area contributed by atoms with Gasteiger partial charge in [0.1, 0.15) is 0 Å². The van der Waals surface area contributed by atoms with E-state index in [9.17, 15) is 4.79 Å². The summed E-state index contributed by atoms with van der Waals surface area (Å²) in [4.78, 5) is 14.6. The van der Waals surface area contributed by atoms with E-state index in [1.807, 2.05) is 37.3 Å². The fraction of sp³-hybridized carbons (Fsp3) is 0.562. The van der Waals surface area contributed by atoms with Gasteiger partial charge in [-0.25, -0.2) is 0 Å². The third-order valence-electron chi connectivity index (χ3n) is 4.60. The van der Waals surface area contributed by atoms with E-state index in [2.05, 4.69) is 15.5 Å². The highest BCUT2D eigenvalue weighted by molar-refractivity contribution is 5.94. The molecule has 1 amide bonds. The molecule has 3 rings (SSSR count). The lowest BCUT2D eigenvalue weighted by Gasteiger charge is -2.25. The number of likely N-dealkylation sites (tertiary alicyclic amines) is 1. The molecular weight excluding hydrogens is 250 g/mol. The number of benzene rings is 1. The van der Waals surface area contributed by atoms with Crippen LogP contribution in [0, 0.1) is 5.92 Å². The quantitative estimate of drug-likeness (QED) is 0.881. The van der Waals surface area contributed by atoms with Crippen molar-refractivity contribution in [1.82, 2.24) is 10.2 Å². The standard InChI is InChI=1S/C16H23N3O/c1-12(16(20)18-14-7-3-2-4-8-14)19-10-13-6-5-9-17-15(13)11-19/h2-4,7-8,12-13,15,17H,5-6,9-11H2,1H3,(H,18,20). The minimum atomic E-state index is -0.0670. The molecule has 2 N–H and O–H groups in total. The van der Waals surface area contributed by atoms with Crippen molar-refractivity contribution in [2.45, 2.75) is 31.8 Å². The van der Waals surface area contributed by atoms with Gasteiger partial charge in [-0.05, 0) is 44.4 Å². The maximum atomic E-state index is 12.3. The predicted molar refractivity (Wildman–Crippen MR) is 80.6 cm³/mol. The van der Waals surface area contributed by atoms with Crippen LogP contribution >= 0.6 is 0 Å². The lowest BCUT2D eigenvalue weighted by Crippen LogP contribution is -2.43. The first-order valence-corrected chi connectivity index (χ1v) is 7.57. The number of fused-ring (bicyclic) bond motifs is 1. The van der Waals surface area contributed by atoms with Gasteiger partial charge in [0.25, 0.3) is 0 Å². The van der Waals surface area contributed by atoms with Crippen molar-refractivity contribution < 1.29 is 4.79 Å². The number of hydrogen-bond acceptors (Lipinski definition) is 3. The maximum Gasteiger partial charge on any atom is 0.241 e. The van der Waals surface area contributed by atoms with E-state index in [-0.39, 0.29) is 11.9 Å². The molecule has 2 heterocycles. The topological polar surface area (TPSA) is 44.4 Å². The van der Waals surface area contributed by atoms with Crippen molar-refractivity contribution in [2.75, 3.05) is 25.0 Å². The molecule has 4 nitrogen and oxygen atoms in total. The van der Waals surface area contributed by atoms with Crippen LogP contribution in [0.25, 0.3) is 0 Å². The number of anilines is 1. The second-order valence-electron chi connectivity index (χ2n) is 5.95. The fourth-order valence-corrected chi connectivity index (χ4v) is 3.33. The molecule has 3 unspecified atom stereocenters. The smallest absolute Gasteiger partial charge is 0.241 e. The van der Waals surface area contributed by atoms with Gasteiger partial charge in [-0.3, -0.25) is 9.69 Å². The van der Waals surface area contributed by atoms with Crippen LogP contribution in [-0.4, -0.2) is 42.5 Å². The van der Waals surface area contributed by atoms with Crippen molar-refractivity contribution in [2.24, 2.45) is 5.92 Å². The number of nitrogens with one attached hydrogen (secondary N) is 2. The van der Waals surface area contributed by atoms with Gasteiger partial charge >= 0.3 is 0 Å². The van der Waals surface area contributed by atoms with Gasteiger partial charge in [0.05, 0.1) is 6.04 Å². The summed E-state index contributed by atoms with van der Waals surface area (Å²) < 4.78 is 0. The highest BCUT2D eigenvalue weighted by Crippen LogP contribution is 2.26. The van der Waals surface area contributed by atoms with Crippen molar-refractivity contribution >= 4 is 11.6 Å². The van der Waals surface area contributed by atoms with E-state index in [0.717, 1.165) is 31.2 Å². The number of rotatable bonds is 3. The number of carbonyl (C=O) groups is 1. The third-order valence-corrected chi connectivity index (χ3v) is 4.60. The Bertz CT molecular complexity index is 448. The van der Waals surface area contributed by atoms with E-state index >= 15 is 0 Å². The number of amides is 1. The molecule has 3 atom stereocenters. The van der Waals surface area contributed by atoms with Crippen molar-refractivity contribution in [3.63, 3.8) is 0 Å². The molecule has 2 aliphatic rings. The maximum absolute atomic E-state index is 12.3. The highest BCUT2D eigenvalue weighted by atomic mass is 16.2. The first-order chi connectivity index (χ1) is 9.74. The third kappa shape index (κ3) is 2.86. The Morgan fingerprint density at radius 2 is 2.15 bits per heavy atom. The molecule has 0 radical (unpaired) electrons. The van der Waals surface area contributed by atoms with Gasteiger partial charge in [-0.2, -0.15) is 0 Å². The summed E-state index contributed by atoms with van der Waals surface area (Å²) in [5, 5.41) is 6.58. The first-order valence-electron chi connectivity index (χ1n) is 7.57. The van der Waals surface area contributed by atoms with Gasteiger partial charge in [0.2, 0.25) is 5.91 Å². The Hall–Kier alpha value is -1.39. The summed E-state index contributed by atoms with van der Waals surface area (Å²) in [6.07, 6.45) is 2.56. The molecule has 108 valence electrons. The molecule has 0 saturated carbocycles. The molecule has 0 bridgehead atoms. The predicted octanol–water partition coefficient (Wildman–Crippen LogP) is 1.70. The Morgan fingerprint density at radius 1 is 1.35 bits per heavy atom. The normalized spacial score (nSPS) is 27.9. The minimum Gasteiger partial charge on any atom is -0.325 e. The van der Waals surface area contributed by atoms with Gasteiger partial charge in [0.15, 0.2) is 0 Å². The van der Waals surface area contributed by atoms with Crippen LogP contribution in [0.5, 0.6) is 0 Å². The molecule has 20 heavy (non-hydrogen) atoms. The average Bonchev–Trinajstić information content (AvgIpc) is 2.91. The van der Waals surface area contributed by atoms with Gasteiger partial charge in [-0.1, -0.05) is 18.2 Å².